The van der Waals surface area contributed by atoms with Crippen molar-refractivity contribution in [1.82, 2.24) is 4.90 Å². The number of fused-ring (bicyclic) bond motifs is 1. The lowest BCUT2D eigenvalue weighted by Gasteiger charge is -2.27. The van der Waals surface area contributed by atoms with E-state index in [1.165, 1.54) is 16.3 Å². The highest BCUT2D eigenvalue weighted by atomic mass is 16.5. The van der Waals surface area contributed by atoms with E-state index in [1.54, 1.807) is 0 Å². The molecule has 4 rings (SSSR count). The summed E-state index contributed by atoms with van der Waals surface area (Å²) in [6, 6.07) is 15.4. The van der Waals surface area contributed by atoms with Crippen LogP contribution >= 0.6 is 0 Å². The molecular formula is C18H21N3O. The Morgan fingerprint density at radius 1 is 1.09 bits per heavy atom. The van der Waals surface area contributed by atoms with Gasteiger partial charge in [-0.1, -0.05) is 42.5 Å². The lowest BCUT2D eigenvalue weighted by Crippen LogP contribution is -2.45. The van der Waals surface area contributed by atoms with Gasteiger partial charge in [0.25, 0.3) is 0 Å². The number of morpholine rings is 1. The fourth-order valence-corrected chi connectivity index (χ4v) is 3.28. The van der Waals surface area contributed by atoms with Crippen molar-refractivity contribution in [2.45, 2.75) is 18.4 Å². The third kappa shape index (κ3) is 2.55. The first-order chi connectivity index (χ1) is 10.8. The zero-order chi connectivity index (χ0) is 14.9. The molecule has 1 aliphatic carbocycles. The van der Waals surface area contributed by atoms with Crippen molar-refractivity contribution in [3.8, 4) is 0 Å². The second-order valence-electron chi connectivity index (χ2n) is 6.06. The maximum absolute atomic E-state index is 6.16. The van der Waals surface area contributed by atoms with Crippen LogP contribution in [0.1, 0.15) is 17.9 Å². The molecule has 1 aliphatic heterocycles. The largest absolute Gasteiger partial charge is 0.378 e. The molecule has 0 bridgehead atoms. The monoisotopic (exact) mass is 295 g/mol. The van der Waals surface area contributed by atoms with E-state index in [0.717, 1.165) is 32.7 Å². The van der Waals surface area contributed by atoms with Gasteiger partial charge in [0.1, 0.15) is 0 Å². The van der Waals surface area contributed by atoms with Gasteiger partial charge in [0, 0.05) is 19.0 Å². The van der Waals surface area contributed by atoms with E-state index in [0.29, 0.717) is 17.9 Å². The maximum Gasteiger partial charge on any atom is 0.191 e. The van der Waals surface area contributed by atoms with Crippen LogP contribution in [0.4, 0.5) is 0 Å². The van der Waals surface area contributed by atoms with Gasteiger partial charge in [0.05, 0.1) is 19.3 Å². The molecule has 0 spiro atoms. The zero-order valence-corrected chi connectivity index (χ0v) is 12.6. The molecule has 2 atom stereocenters. The van der Waals surface area contributed by atoms with Crippen LogP contribution in [0.25, 0.3) is 10.8 Å². The fourth-order valence-electron chi connectivity index (χ4n) is 3.28. The van der Waals surface area contributed by atoms with Crippen LogP contribution in [0.2, 0.25) is 0 Å². The molecule has 2 aromatic carbocycles. The van der Waals surface area contributed by atoms with Gasteiger partial charge < -0.3 is 15.4 Å². The molecule has 0 amide bonds. The third-order valence-electron chi connectivity index (χ3n) is 4.61. The number of aliphatic imine (C=N–C) groups is 1. The number of nitrogens with zero attached hydrogens (tertiary/aromatic N) is 2. The lowest BCUT2D eigenvalue weighted by atomic mass is 10.0. The summed E-state index contributed by atoms with van der Waals surface area (Å²) in [5.74, 6) is 1.18. The minimum absolute atomic E-state index is 0.327. The molecule has 2 fully saturated rings. The number of ether oxygens (including phenoxy) is 1. The van der Waals surface area contributed by atoms with Crippen LogP contribution in [0, 0.1) is 0 Å². The molecule has 2 aromatic rings. The second-order valence-corrected chi connectivity index (χ2v) is 6.06. The van der Waals surface area contributed by atoms with E-state index in [4.69, 9.17) is 15.5 Å². The van der Waals surface area contributed by atoms with Crippen molar-refractivity contribution < 1.29 is 4.74 Å². The van der Waals surface area contributed by atoms with Crippen LogP contribution in [0.3, 0.4) is 0 Å². The predicted molar refractivity (Wildman–Crippen MR) is 89.1 cm³/mol. The maximum atomic E-state index is 6.16. The minimum atomic E-state index is 0.327. The first kappa shape index (κ1) is 13.6. The molecule has 1 heterocycles. The third-order valence-corrected chi connectivity index (χ3v) is 4.61. The Kier molecular flexibility index (Phi) is 3.47. The molecule has 2 aliphatic rings. The van der Waals surface area contributed by atoms with Gasteiger partial charge in [-0.05, 0) is 22.8 Å². The molecule has 4 nitrogen and oxygen atoms in total. The quantitative estimate of drug-likeness (QED) is 0.683. The van der Waals surface area contributed by atoms with Crippen LogP contribution in [-0.4, -0.2) is 43.2 Å². The Balaban J connectivity index is 1.53. The summed E-state index contributed by atoms with van der Waals surface area (Å²) in [5, 5.41) is 2.65. The van der Waals surface area contributed by atoms with E-state index in [-0.39, 0.29) is 0 Å². The highest BCUT2D eigenvalue weighted by Crippen LogP contribution is 2.45. The zero-order valence-electron chi connectivity index (χ0n) is 12.6. The number of rotatable bonds is 2. The Morgan fingerprint density at radius 2 is 1.86 bits per heavy atom. The number of guanidine groups is 1. The lowest BCUT2D eigenvalue weighted by molar-refractivity contribution is 0.0674. The second kappa shape index (κ2) is 5.61. The summed E-state index contributed by atoms with van der Waals surface area (Å²) in [6.45, 7) is 3.18. The van der Waals surface area contributed by atoms with E-state index in [9.17, 15) is 0 Å². The molecule has 22 heavy (non-hydrogen) atoms. The highest BCUT2D eigenvalue weighted by molar-refractivity contribution is 5.87. The van der Waals surface area contributed by atoms with Crippen molar-refractivity contribution >= 4 is 16.7 Å². The summed E-state index contributed by atoms with van der Waals surface area (Å²) in [7, 11) is 0. The first-order valence-corrected chi connectivity index (χ1v) is 7.96. The minimum Gasteiger partial charge on any atom is -0.378 e. The van der Waals surface area contributed by atoms with Gasteiger partial charge >= 0.3 is 0 Å². The molecule has 2 N–H and O–H groups in total. The Bertz CT molecular complexity index is 701. The average Bonchev–Trinajstić information content (AvgIpc) is 3.34. The van der Waals surface area contributed by atoms with Gasteiger partial charge in [-0.3, -0.25) is 0 Å². The van der Waals surface area contributed by atoms with Gasteiger partial charge in [-0.15, -0.1) is 0 Å². The van der Waals surface area contributed by atoms with E-state index < -0.39 is 0 Å². The van der Waals surface area contributed by atoms with Crippen LogP contribution in [0.5, 0.6) is 0 Å². The summed E-state index contributed by atoms with van der Waals surface area (Å²) < 4.78 is 5.36. The van der Waals surface area contributed by atoms with Crippen LogP contribution < -0.4 is 5.73 Å². The smallest absolute Gasteiger partial charge is 0.191 e. The molecule has 0 radical (unpaired) electrons. The van der Waals surface area contributed by atoms with Crippen molar-refractivity contribution in [2.75, 3.05) is 26.3 Å². The van der Waals surface area contributed by atoms with Crippen molar-refractivity contribution in [2.24, 2.45) is 10.7 Å². The van der Waals surface area contributed by atoms with Gasteiger partial charge in [0.2, 0.25) is 0 Å². The van der Waals surface area contributed by atoms with Crippen LogP contribution in [0.15, 0.2) is 47.5 Å². The topological polar surface area (TPSA) is 50.8 Å². The average molecular weight is 295 g/mol. The summed E-state index contributed by atoms with van der Waals surface area (Å²) in [6.07, 6.45) is 1.10. The molecule has 1 saturated heterocycles. The molecule has 114 valence electrons. The first-order valence-electron chi connectivity index (χ1n) is 7.96. The summed E-state index contributed by atoms with van der Waals surface area (Å²) in [4.78, 5) is 6.87. The van der Waals surface area contributed by atoms with E-state index >= 15 is 0 Å². The Morgan fingerprint density at radius 3 is 2.73 bits per heavy atom. The Hall–Kier alpha value is -2.07. The van der Waals surface area contributed by atoms with Crippen molar-refractivity contribution in [3.63, 3.8) is 0 Å². The normalized spacial score (nSPS) is 25.5. The Labute approximate surface area is 130 Å². The summed E-state index contributed by atoms with van der Waals surface area (Å²) in [5.41, 5.74) is 7.57. The molecule has 4 heteroatoms. The SMILES string of the molecule is NC(=N[C@@H]1C[C@H]1c1cccc2ccccc12)N1CCOCC1. The summed E-state index contributed by atoms with van der Waals surface area (Å²) >= 11 is 0. The number of nitrogens with two attached hydrogens (primary N) is 1. The van der Waals surface area contributed by atoms with Crippen molar-refractivity contribution in [1.29, 1.82) is 0 Å². The fraction of sp³-hybridized carbons (Fsp3) is 0.389. The highest BCUT2D eigenvalue weighted by Gasteiger charge is 2.39. The van der Waals surface area contributed by atoms with E-state index in [2.05, 4.69) is 47.4 Å². The number of hydrogen-bond acceptors (Lipinski definition) is 2. The standard InChI is InChI=1S/C18H21N3O/c19-18(21-8-10-22-11-9-21)20-17-12-16(17)15-7-3-5-13-4-1-2-6-14(13)15/h1-7,16-17H,8-12H2,(H2,19,20)/t16-,17+/m0/s1. The van der Waals surface area contributed by atoms with E-state index in [1.807, 2.05) is 0 Å². The molecule has 0 aromatic heterocycles. The van der Waals surface area contributed by atoms with Gasteiger partial charge in [0.15, 0.2) is 5.96 Å². The van der Waals surface area contributed by atoms with Gasteiger partial charge in [-0.2, -0.15) is 0 Å². The molecule has 0 unspecified atom stereocenters. The van der Waals surface area contributed by atoms with Crippen LogP contribution in [-0.2, 0) is 4.74 Å². The van der Waals surface area contributed by atoms with Crippen molar-refractivity contribution in [3.05, 3.63) is 48.0 Å². The molecule has 1 saturated carbocycles. The predicted octanol–water partition coefficient (Wildman–Crippen LogP) is 2.34. The van der Waals surface area contributed by atoms with Gasteiger partial charge in [-0.25, -0.2) is 4.99 Å². The number of hydrogen-bond donors (Lipinski definition) is 1. The number of benzene rings is 2. The molecular weight excluding hydrogens is 274 g/mol.